The Hall–Kier alpha value is -1.68. The standard InChI is InChI=1S/C14H16N2OS/c1-14(2,3)10-6-4-9(5-7-10)8-11-12(17)16-13(18)15-11/h4-8H,1-3H3,(H2,15,16,17,18)/b11-8-. The summed E-state index contributed by atoms with van der Waals surface area (Å²) in [5, 5.41) is 5.72. The van der Waals surface area contributed by atoms with Crippen molar-refractivity contribution in [2.75, 3.05) is 0 Å². The fraction of sp³-hybridized carbons (Fsp3) is 0.286. The smallest absolute Gasteiger partial charge is 0.273 e. The maximum absolute atomic E-state index is 11.5. The van der Waals surface area contributed by atoms with E-state index in [9.17, 15) is 4.79 Å². The molecule has 0 aromatic heterocycles. The molecule has 18 heavy (non-hydrogen) atoms. The van der Waals surface area contributed by atoms with Gasteiger partial charge in [-0.1, -0.05) is 45.0 Å². The molecule has 1 aromatic carbocycles. The van der Waals surface area contributed by atoms with E-state index in [1.165, 1.54) is 5.56 Å². The Morgan fingerprint density at radius 2 is 1.72 bits per heavy atom. The molecule has 1 saturated heterocycles. The van der Waals surface area contributed by atoms with Crippen molar-refractivity contribution >= 4 is 29.3 Å². The number of thiocarbonyl (C=S) groups is 1. The van der Waals surface area contributed by atoms with Crippen LogP contribution in [0.15, 0.2) is 30.0 Å². The van der Waals surface area contributed by atoms with E-state index in [1.807, 2.05) is 12.1 Å². The third-order valence-corrected chi connectivity index (χ3v) is 3.01. The van der Waals surface area contributed by atoms with Gasteiger partial charge >= 0.3 is 0 Å². The van der Waals surface area contributed by atoms with E-state index in [0.717, 1.165) is 5.56 Å². The van der Waals surface area contributed by atoms with Crippen LogP contribution in [0, 0.1) is 0 Å². The van der Waals surface area contributed by atoms with Crippen molar-refractivity contribution in [1.29, 1.82) is 0 Å². The molecule has 2 rings (SSSR count). The molecule has 1 fully saturated rings. The predicted molar refractivity (Wildman–Crippen MR) is 77.0 cm³/mol. The molecule has 94 valence electrons. The number of nitrogens with one attached hydrogen (secondary N) is 2. The van der Waals surface area contributed by atoms with Gasteiger partial charge in [0.05, 0.1) is 0 Å². The Morgan fingerprint density at radius 3 is 2.17 bits per heavy atom. The van der Waals surface area contributed by atoms with Crippen molar-refractivity contribution in [2.45, 2.75) is 26.2 Å². The lowest BCUT2D eigenvalue weighted by molar-refractivity contribution is -0.115. The Labute approximate surface area is 112 Å². The van der Waals surface area contributed by atoms with Crippen LogP contribution in [0.4, 0.5) is 0 Å². The summed E-state index contributed by atoms with van der Waals surface area (Å²) in [4.78, 5) is 11.5. The molecule has 3 nitrogen and oxygen atoms in total. The molecule has 1 aromatic rings. The van der Waals surface area contributed by atoms with E-state index in [1.54, 1.807) is 6.08 Å². The van der Waals surface area contributed by atoms with Crippen LogP contribution < -0.4 is 10.6 Å². The summed E-state index contributed by atoms with van der Waals surface area (Å²) in [5.74, 6) is -0.181. The molecule has 1 aliphatic rings. The normalized spacial score (nSPS) is 17.8. The molecule has 0 bridgehead atoms. The lowest BCUT2D eigenvalue weighted by Crippen LogP contribution is -2.21. The number of carbonyl (C=O) groups excluding carboxylic acids is 1. The highest BCUT2D eigenvalue weighted by Gasteiger charge is 2.20. The number of rotatable bonds is 1. The minimum absolute atomic E-state index is 0.135. The van der Waals surface area contributed by atoms with Gasteiger partial charge in [0, 0.05) is 0 Å². The monoisotopic (exact) mass is 260 g/mol. The predicted octanol–water partition coefficient (Wildman–Crippen LogP) is 2.33. The zero-order valence-electron chi connectivity index (χ0n) is 10.7. The van der Waals surface area contributed by atoms with Crippen LogP contribution in [0.3, 0.4) is 0 Å². The molecule has 2 N–H and O–H groups in total. The van der Waals surface area contributed by atoms with E-state index >= 15 is 0 Å². The quantitative estimate of drug-likeness (QED) is 0.601. The lowest BCUT2D eigenvalue weighted by atomic mass is 9.87. The summed E-state index contributed by atoms with van der Waals surface area (Å²) in [6, 6.07) is 8.17. The Balaban J connectivity index is 2.24. The van der Waals surface area contributed by atoms with Gasteiger partial charge < -0.3 is 5.32 Å². The number of carbonyl (C=O) groups is 1. The molecule has 0 atom stereocenters. The van der Waals surface area contributed by atoms with Crippen LogP contribution in [0.5, 0.6) is 0 Å². The molecular weight excluding hydrogens is 244 g/mol. The van der Waals surface area contributed by atoms with Gasteiger partial charge in [0.2, 0.25) is 0 Å². The van der Waals surface area contributed by atoms with Crippen molar-refractivity contribution < 1.29 is 4.79 Å². The maximum Gasteiger partial charge on any atom is 0.273 e. The molecule has 1 heterocycles. The average Bonchev–Trinajstić information content (AvgIpc) is 2.57. The van der Waals surface area contributed by atoms with E-state index in [4.69, 9.17) is 12.2 Å². The molecule has 0 unspecified atom stereocenters. The Bertz CT molecular complexity index is 524. The van der Waals surface area contributed by atoms with Gasteiger partial charge in [-0.05, 0) is 34.8 Å². The summed E-state index contributed by atoms with van der Waals surface area (Å²) >= 11 is 4.88. The molecule has 0 saturated carbocycles. The summed E-state index contributed by atoms with van der Waals surface area (Å²) in [5.41, 5.74) is 2.87. The number of hydrogen-bond acceptors (Lipinski definition) is 2. The van der Waals surface area contributed by atoms with Crippen molar-refractivity contribution in [3.05, 3.63) is 41.1 Å². The summed E-state index contributed by atoms with van der Waals surface area (Å²) < 4.78 is 0. The van der Waals surface area contributed by atoms with Crippen molar-refractivity contribution in [3.63, 3.8) is 0 Å². The number of amides is 1. The van der Waals surface area contributed by atoms with Crippen molar-refractivity contribution in [3.8, 4) is 0 Å². The fourth-order valence-electron chi connectivity index (χ4n) is 1.73. The third kappa shape index (κ3) is 2.76. The number of hydrogen-bond donors (Lipinski definition) is 2. The first-order chi connectivity index (χ1) is 8.36. The molecule has 1 aliphatic heterocycles. The molecular formula is C14H16N2OS. The van der Waals surface area contributed by atoms with Crippen molar-refractivity contribution in [1.82, 2.24) is 10.6 Å². The molecule has 1 amide bonds. The average molecular weight is 260 g/mol. The van der Waals surface area contributed by atoms with Crippen LogP contribution in [0.1, 0.15) is 31.9 Å². The fourth-order valence-corrected chi connectivity index (χ4v) is 1.93. The third-order valence-electron chi connectivity index (χ3n) is 2.81. The van der Waals surface area contributed by atoms with Gasteiger partial charge in [-0.2, -0.15) is 0 Å². The minimum Gasteiger partial charge on any atom is -0.328 e. The largest absolute Gasteiger partial charge is 0.328 e. The highest BCUT2D eigenvalue weighted by atomic mass is 32.1. The zero-order chi connectivity index (χ0) is 13.3. The summed E-state index contributed by atoms with van der Waals surface area (Å²) in [6.07, 6.45) is 1.79. The molecule has 4 heteroatoms. The van der Waals surface area contributed by atoms with Gasteiger partial charge in [-0.15, -0.1) is 0 Å². The number of benzene rings is 1. The van der Waals surface area contributed by atoms with Crippen LogP contribution in [0.25, 0.3) is 6.08 Å². The van der Waals surface area contributed by atoms with E-state index in [-0.39, 0.29) is 11.3 Å². The van der Waals surface area contributed by atoms with Crippen LogP contribution in [-0.4, -0.2) is 11.0 Å². The Kier molecular flexibility index (Phi) is 3.22. The van der Waals surface area contributed by atoms with E-state index in [0.29, 0.717) is 10.8 Å². The van der Waals surface area contributed by atoms with Gasteiger partial charge in [-0.3, -0.25) is 10.1 Å². The van der Waals surface area contributed by atoms with E-state index in [2.05, 4.69) is 43.5 Å². The minimum atomic E-state index is -0.181. The first kappa shape index (κ1) is 12.8. The first-order valence-electron chi connectivity index (χ1n) is 5.81. The highest BCUT2D eigenvalue weighted by Crippen LogP contribution is 2.22. The SMILES string of the molecule is CC(C)(C)c1ccc(/C=C2\NC(=S)NC2=O)cc1. The second kappa shape index (κ2) is 4.53. The van der Waals surface area contributed by atoms with Gasteiger partial charge in [-0.25, -0.2) is 0 Å². The summed E-state index contributed by atoms with van der Waals surface area (Å²) in [6.45, 7) is 6.51. The summed E-state index contributed by atoms with van der Waals surface area (Å²) in [7, 11) is 0. The molecule has 0 radical (unpaired) electrons. The highest BCUT2D eigenvalue weighted by molar-refractivity contribution is 7.80. The topological polar surface area (TPSA) is 41.1 Å². The first-order valence-corrected chi connectivity index (χ1v) is 6.22. The van der Waals surface area contributed by atoms with E-state index < -0.39 is 0 Å². The maximum atomic E-state index is 11.5. The zero-order valence-corrected chi connectivity index (χ0v) is 11.5. The van der Waals surface area contributed by atoms with Gasteiger partial charge in [0.15, 0.2) is 5.11 Å². The molecule has 0 spiro atoms. The second-order valence-electron chi connectivity index (χ2n) is 5.34. The van der Waals surface area contributed by atoms with Crippen LogP contribution in [0.2, 0.25) is 0 Å². The second-order valence-corrected chi connectivity index (χ2v) is 5.75. The van der Waals surface area contributed by atoms with Gasteiger partial charge in [0.1, 0.15) is 5.70 Å². The van der Waals surface area contributed by atoms with Crippen molar-refractivity contribution in [2.24, 2.45) is 0 Å². The van der Waals surface area contributed by atoms with Gasteiger partial charge in [0.25, 0.3) is 5.91 Å². The Morgan fingerprint density at radius 1 is 1.11 bits per heavy atom. The molecule has 0 aliphatic carbocycles. The van der Waals surface area contributed by atoms with Crippen LogP contribution >= 0.6 is 12.2 Å². The lowest BCUT2D eigenvalue weighted by Gasteiger charge is -2.18. The van der Waals surface area contributed by atoms with Crippen LogP contribution in [-0.2, 0) is 10.2 Å².